The zero-order valence-corrected chi connectivity index (χ0v) is 23.0. The smallest absolute Gasteiger partial charge is 0.410 e. The maximum atomic E-state index is 12.9. The zero-order chi connectivity index (χ0) is 26.7. The van der Waals surface area contributed by atoms with Crippen molar-refractivity contribution in [3.05, 3.63) is 57.4 Å². The fourth-order valence-electron chi connectivity index (χ4n) is 3.84. The lowest BCUT2D eigenvalue weighted by Crippen LogP contribution is -2.50. The van der Waals surface area contributed by atoms with Crippen molar-refractivity contribution in [3.63, 3.8) is 0 Å². The van der Waals surface area contributed by atoms with Gasteiger partial charge in [0.05, 0.1) is 28.6 Å². The van der Waals surface area contributed by atoms with Crippen molar-refractivity contribution in [1.29, 1.82) is 0 Å². The summed E-state index contributed by atoms with van der Waals surface area (Å²) in [4.78, 5) is 41.1. The van der Waals surface area contributed by atoms with Crippen molar-refractivity contribution in [2.45, 2.75) is 46.3 Å². The molecule has 196 valence electrons. The van der Waals surface area contributed by atoms with Gasteiger partial charge in [-0.05, 0) is 46.2 Å². The molecule has 3 heterocycles. The topological polar surface area (TPSA) is 121 Å². The number of hydrogen-bond acceptors (Lipinski definition) is 9. The average Bonchev–Trinajstić information content (AvgIpc) is 3.28. The molecule has 1 aliphatic heterocycles. The number of amides is 2. The van der Waals surface area contributed by atoms with E-state index in [0.717, 1.165) is 5.56 Å². The molecule has 10 nitrogen and oxygen atoms in total. The number of anilines is 3. The fraction of sp³-hybridized carbons (Fsp3) is 0.400. The van der Waals surface area contributed by atoms with Crippen LogP contribution in [0.25, 0.3) is 0 Å². The molecular formula is C25H30ClN7O3S. The molecule has 1 saturated heterocycles. The highest BCUT2D eigenvalue weighted by Gasteiger charge is 2.32. The van der Waals surface area contributed by atoms with Crippen molar-refractivity contribution < 1.29 is 14.3 Å². The van der Waals surface area contributed by atoms with Gasteiger partial charge in [0.2, 0.25) is 0 Å². The molecule has 0 aliphatic carbocycles. The second-order valence-electron chi connectivity index (χ2n) is 9.66. The summed E-state index contributed by atoms with van der Waals surface area (Å²) < 4.78 is 5.61. The highest BCUT2D eigenvalue weighted by Crippen LogP contribution is 2.29. The third-order valence-corrected chi connectivity index (χ3v) is 6.72. The summed E-state index contributed by atoms with van der Waals surface area (Å²) in [6.07, 6.45) is 1.12. The number of aryl methyl sites for hydroxylation is 2. The summed E-state index contributed by atoms with van der Waals surface area (Å²) in [6.45, 7) is 10.9. The van der Waals surface area contributed by atoms with Crippen LogP contribution in [-0.2, 0) is 4.74 Å². The van der Waals surface area contributed by atoms with Crippen molar-refractivity contribution >= 4 is 51.6 Å². The van der Waals surface area contributed by atoms with E-state index >= 15 is 0 Å². The lowest BCUT2D eigenvalue weighted by atomic mass is 10.1. The van der Waals surface area contributed by atoms with E-state index in [-0.39, 0.29) is 18.0 Å². The molecule has 2 aromatic heterocycles. The fourth-order valence-corrected chi connectivity index (χ4v) is 4.83. The molecule has 1 atom stereocenters. The van der Waals surface area contributed by atoms with E-state index in [1.54, 1.807) is 24.0 Å². The Balaban J connectivity index is 1.51. The molecule has 0 radical (unpaired) electrons. The third-order valence-electron chi connectivity index (χ3n) is 5.50. The van der Waals surface area contributed by atoms with Crippen LogP contribution in [0.2, 0.25) is 5.02 Å². The molecule has 12 heteroatoms. The number of aromatic nitrogens is 3. The SMILES string of the molecule is Cc1nc(Nc2ncc(C(=O)Nc3c(C)cccc3Cl)s2)cc(C2CNCCN2C(=O)OC(C)(C)C)n1. The number of ether oxygens (including phenoxy) is 1. The Kier molecular flexibility index (Phi) is 7.96. The second kappa shape index (κ2) is 11.0. The summed E-state index contributed by atoms with van der Waals surface area (Å²) in [7, 11) is 0. The van der Waals surface area contributed by atoms with Crippen molar-refractivity contribution in [2.24, 2.45) is 0 Å². The molecule has 1 aliphatic rings. The minimum atomic E-state index is -0.597. The number of halogens is 1. The molecule has 1 fully saturated rings. The van der Waals surface area contributed by atoms with E-state index in [1.807, 2.05) is 39.8 Å². The molecule has 0 saturated carbocycles. The summed E-state index contributed by atoms with van der Waals surface area (Å²) in [5, 5.41) is 10.3. The molecule has 0 spiro atoms. The molecule has 3 aromatic rings. The Labute approximate surface area is 224 Å². The summed E-state index contributed by atoms with van der Waals surface area (Å²) in [5.74, 6) is 0.751. The number of hydrogen-bond donors (Lipinski definition) is 3. The van der Waals surface area contributed by atoms with E-state index in [9.17, 15) is 9.59 Å². The first-order chi connectivity index (χ1) is 17.5. The van der Waals surface area contributed by atoms with E-state index in [0.29, 0.717) is 57.7 Å². The number of carbonyl (C=O) groups excluding carboxylic acids is 2. The largest absolute Gasteiger partial charge is 0.444 e. The van der Waals surface area contributed by atoms with Crippen LogP contribution in [0.5, 0.6) is 0 Å². The van der Waals surface area contributed by atoms with Gasteiger partial charge in [-0.15, -0.1) is 0 Å². The number of piperazine rings is 1. The van der Waals surface area contributed by atoms with E-state index < -0.39 is 5.60 Å². The molecular weight excluding hydrogens is 514 g/mol. The van der Waals surface area contributed by atoms with Crippen LogP contribution in [0.1, 0.15) is 53.6 Å². The van der Waals surface area contributed by atoms with Crippen LogP contribution in [0.3, 0.4) is 0 Å². The number of carbonyl (C=O) groups is 2. The quantitative estimate of drug-likeness (QED) is 0.407. The van der Waals surface area contributed by atoms with Gasteiger partial charge in [0, 0.05) is 25.7 Å². The Bertz CT molecular complexity index is 1290. The van der Waals surface area contributed by atoms with Crippen LogP contribution in [-0.4, -0.2) is 57.1 Å². The minimum Gasteiger partial charge on any atom is -0.444 e. The van der Waals surface area contributed by atoms with E-state index in [2.05, 4.69) is 30.9 Å². The van der Waals surface area contributed by atoms with Gasteiger partial charge in [0.15, 0.2) is 5.13 Å². The predicted octanol–water partition coefficient (Wildman–Crippen LogP) is 5.08. The first-order valence-electron chi connectivity index (χ1n) is 11.9. The number of nitrogens with one attached hydrogen (secondary N) is 3. The lowest BCUT2D eigenvalue weighted by Gasteiger charge is -2.36. The molecule has 1 aromatic carbocycles. The van der Waals surface area contributed by atoms with Gasteiger partial charge in [-0.3, -0.25) is 9.69 Å². The maximum absolute atomic E-state index is 12.9. The van der Waals surface area contributed by atoms with Gasteiger partial charge in [0.1, 0.15) is 22.1 Å². The van der Waals surface area contributed by atoms with Gasteiger partial charge in [-0.2, -0.15) is 0 Å². The first-order valence-corrected chi connectivity index (χ1v) is 13.0. The molecule has 37 heavy (non-hydrogen) atoms. The molecule has 2 amide bonds. The maximum Gasteiger partial charge on any atom is 0.410 e. The highest BCUT2D eigenvalue weighted by molar-refractivity contribution is 7.17. The Morgan fingerprint density at radius 3 is 2.76 bits per heavy atom. The van der Waals surface area contributed by atoms with Crippen LogP contribution in [0.4, 0.5) is 21.4 Å². The summed E-state index contributed by atoms with van der Waals surface area (Å²) in [5.41, 5.74) is 1.52. The zero-order valence-electron chi connectivity index (χ0n) is 21.4. The Hall–Kier alpha value is -3.28. The summed E-state index contributed by atoms with van der Waals surface area (Å²) >= 11 is 7.43. The standard InChI is InChI=1S/C25H30ClN7O3S/c1-14-7-6-8-16(26)21(14)32-22(34)19-13-28-23(37-19)31-20-11-17(29-15(2)30-20)18-12-27-9-10-33(18)24(35)36-25(3,4)5/h6-8,11,13,18,27H,9-10,12H2,1-5H3,(H,32,34)(H,28,29,30,31). The third kappa shape index (κ3) is 6.73. The highest BCUT2D eigenvalue weighted by atomic mass is 35.5. The van der Waals surface area contributed by atoms with E-state index in [4.69, 9.17) is 16.3 Å². The molecule has 4 rings (SSSR count). The first kappa shape index (κ1) is 26.8. The van der Waals surface area contributed by atoms with Crippen molar-refractivity contribution in [2.75, 3.05) is 30.3 Å². The number of nitrogens with zero attached hydrogens (tertiary/aromatic N) is 4. The number of benzene rings is 1. The van der Waals surface area contributed by atoms with Gasteiger partial charge >= 0.3 is 6.09 Å². The Morgan fingerprint density at radius 1 is 1.24 bits per heavy atom. The molecule has 0 bridgehead atoms. The van der Waals surface area contributed by atoms with Gasteiger partial charge in [-0.1, -0.05) is 35.1 Å². The predicted molar refractivity (Wildman–Crippen MR) is 145 cm³/mol. The normalized spacial score (nSPS) is 15.8. The van der Waals surface area contributed by atoms with Gasteiger partial charge in [-0.25, -0.2) is 19.7 Å². The lowest BCUT2D eigenvalue weighted by molar-refractivity contribution is 0.0113. The molecule has 3 N–H and O–H groups in total. The Morgan fingerprint density at radius 2 is 2.03 bits per heavy atom. The van der Waals surface area contributed by atoms with E-state index in [1.165, 1.54) is 17.5 Å². The average molecular weight is 544 g/mol. The second-order valence-corrected chi connectivity index (χ2v) is 11.1. The van der Waals surface area contributed by atoms with Crippen LogP contribution in [0, 0.1) is 13.8 Å². The van der Waals surface area contributed by atoms with Crippen LogP contribution < -0.4 is 16.0 Å². The van der Waals surface area contributed by atoms with Crippen LogP contribution in [0.15, 0.2) is 30.5 Å². The van der Waals surface area contributed by atoms with Crippen molar-refractivity contribution in [3.8, 4) is 0 Å². The van der Waals surface area contributed by atoms with Gasteiger partial charge < -0.3 is 20.7 Å². The van der Waals surface area contributed by atoms with Crippen molar-refractivity contribution in [1.82, 2.24) is 25.2 Å². The number of rotatable bonds is 5. The number of para-hydroxylation sites is 1. The van der Waals surface area contributed by atoms with Gasteiger partial charge in [0.25, 0.3) is 5.91 Å². The number of thiazole rings is 1. The van der Waals surface area contributed by atoms with Crippen LogP contribution >= 0.6 is 22.9 Å². The monoisotopic (exact) mass is 543 g/mol. The summed E-state index contributed by atoms with van der Waals surface area (Å²) in [6, 6.07) is 6.90. The minimum absolute atomic E-state index is 0.303. The molecule has 1 unspecified atom stereocenters.